The Morgan fingerprint density at radius 1 is 1.38 bits per heavy atom. The number of carbonyl (C=O) groups is 2. The number of aliphatic hydroxyl groups is 1. The molecule has 0 unspecified atom stereocenters. The summed E-state index contributed by atoms with van der Waals surface area (Å²) in [6.45, 7) is 3.03. The predicted octanol–water partition coefficient (Wildman–Crippen LogP) is 1.08. The van der Waals surface area contributed by atoms with Crippen LogP contribution in [0.2, 0.25) is 0 Å². The van der Waals surface area contributed by atoms with E-state index in [0.29, 0.717) is 29.0 Å². The molecule has 2 aromatic heterocycles. The van der Waals surface area contributed by atoms with Crippen LogP contribution in [0.1, 0.15) is 36.1 Å². The van der Waals surface area contributed by atoms with Gasteiger partial charge in [-0.2, -0.15) is 0 Å². The highest BCUT2D eigenvalue weighted by Gasteiger charge is 2.42. The minimum Gasteiger partial charge on any atom is -0.460 e. The molecule has 3 N–H and O–H groups in total. The number of esters is 2. The lowest BCUT2D eigenvalue weighted by Gasteiger charge is -2.29. The first-order valence-corrected chi connectivity index (χ1v) is 10.2. The number of benzene rings is 1. The van der Waals surface area contributed by atoms with Crippen LogP contribution < -0.4 is 11.3 Å². The van der Waals surface area contributed by atoms with Crippen molar-refractivity contribution < 1.29 is 24.2 Å². The molecular formula is C23H21N3O6. The third-order valence-electron chi connectivity index (χ3n) is 5.99. The SMILES string of the molecule is C[C@H](N)C(=O)OCc1cccc2cc3c(nc12)-c1cc2c(c(=O)n1C3)COC(=O)[C@@]2(C)O. The quantitative estimate of drug-likeness (QED) is 0.457. The zero-order valence-corrected chi connectivity index (χ0v) is 17.5. The summed E-state index contributed by atoms with van der Waals surface area (Å²) in [6, 6.07) is 8.41. The predicted molar refractivity (Wildman–Crippen MR) is 113 cm³/mol. The maximum absolute atomic E-state index is 13.1. The van der Waals surface area contributed by atoms with Crippen molar-refractivity contribution in [2.24, 2.45) is 5.73 Å². The Hall–Kier alpha value is -3.56. The summed E-state index contributed by atoms with van der Waals surface area (Å²) < 4.78 is 11.9. The lowest BCUT2D eigenvalue weighted by atomic mass is 9.90. The Morgan fingerprint density at radius 3 is 2.91 bits per heavy atom. The molecule has 3 aromatic rings. The van der Waals surface area contributed by atoms with Crippen LogP contribution in [-0.4, -0.2) is 32.6 Å². The second kappa shape index (κ2) is 6.98. The molecule has 0 bridgehead atoms. The maximum atomic E-state index is 13.1. The van der Waals surface area contributed by atoms with Crippen LogP contribution >= 0.6 is 0 Å². The summed E-state index contributed by atoms with van der Waals surface area (Å²) in [5, 5.41) is 11.5. The maximum Gasteiger partial charge on any atom is 0.342 e. The summed E-state index contributed by atoms with van der Waals surface area (Å²) in [7, 11) is 0. The van der Waals surface area contributed by atoms with Gasteiger partial charge in [-0.15, -0.1) is 0 Å². The topological polar surface area (TPSA) is 134 Å². The molecule has 0 radical (unpaired) electrons. The molecule has 2 aliphatic heterocycles. The Balaban J connectivity index is 1.65. The van der Waals surface area contributed by atoms with Gasteiger partial charge in [0, 0.05) is 22.1 Å². The first kappa shape index (κ1) is 20.3. The molecule has 9 heteroatoms. The van der Waals surface area contributed by atoms with E-state index in [9.17, 15) is 19.5 Å². The number of ether oxygens (including phenoxy) is 2. The smallest absolute Gasteiger partial charge is 0.342 e. The van der Waals surface area contributed by atoms with Crippen LogP contribution in [0.5, 0.6) is 0 Å². The van der Waals surface area contributed by atoms with E-state index in [1.54, 1.807) is 17.6 Å². The molecule has 1 aromatic carbocycles. The van der Waals surface area contributed by atoms with Crippen molar-refractivity contribution >= 4 is 22.8 Å². The number of hydrogen-bond donors (Lipinski definition) is 2. The van der Waals surface area contributed by atoms with E-state index >= 15 is 0 Å². The molecule has 4 heterocycles. The van der Waals surface area contributed by atoms with Gasteiger partial charge in [0.25, 0.3) is 5.56 Å². The van der Waals surface area contributed by atoms with E-state index in [-0.39, 0.29) is 29.9 Å². The molecule has 0 fully saturated rings. The lowest BCUT2D eigenvalue weighted by molar-refractivity contribution is -0.169. The van der Waals surface area contributed by atoms with E-state index in [2.05, 4.69) is 0 Å². The standard InChI is InChI=1S/C23H21N3O6/c1-11(24)21(28)31-9-13-5-3-4-12-6-14-8-26-17(19(14)25-18(12)13)7-16-15(20(26)27)10-32-22(29)23(16,2)30/h3-7,11,30H,8-10,24H2,1-2H3/t11-,23-/m0/s1. The van der Waals surface area contributed by atoms with E-state index in [4.69, 9.17) is 20.2 Å². The van der Waals surface area contributed by atoms with Crippen LogP contribution in [0, 0.1) is 0 Å². The summed E-state index contributed by atoms with van der Waals surface area (Å²) in [4.78, 5) is 41.8. The minimum atomic E-state index is -1.92. The van der Waals surface area contributed by atoms with E-state index in [1.807, 2.05) is 24.3 Å². The molecule has 32 heavy (non-hydrogen) atoms. The van der Waals surface area contributed by atoms with Crippen molar-refractivity contribution in [2.75, 3.05) is 0 Å². The van der Waals surface area contributed by atoms with Crippen LogP contribution in [0.3, 0.4) is 0 Å². The zero-order valence-electron chi connectivity index (χ0n) is 17.5. The largest absolute Gasteiger partial charge is 0.460 e. The third kappa shape index (κ3) is 2.93. The van der Waals surface area contributed by atoms with Crippen LogP contribution in [-0.2, 0) is 44.4 Å². The van der Waals surface area contributed by atoms with E-state index in [0.717, 1.165) is 10.9 Å². The molecule has 164 valence electrons. The number of aromatic nitrogens is 2. The fourth-order valence-corrected chi connectivity index (χ4v) is 4.22. The molecule has 0 spiro atoms. The summed E-state index contributed by atoms with van der Waals surface area (Å²) in [5.74, 6) is -1.31. The third-order valence-corrected chi connectivity index (χ3v) is 5.99. The van der Waals surface area contributed by atoms with Gasteiger partial charge in [-0.25, -0.2) is 9.78 Å². The van der Waals surface area contributed by atoms with Gasteiger partial charge in [0.05, 0.1) is 29.0 Å². The highest BCUT2D eigenvalue weighted by molar-refractivity contribution is 5.88. The van der Waals surface area contributed by atoms with Crippen molar-refractivity contribution in [3.05, 3.63) is 62.9 Å². The Bertz CT molecular complexity index is 1370. The number of fused-ring (bicyclic) bond motifs is 5. The lowest BCUT2D eigenvalue weighted by Crippen LogP contribution is -2.42. The van der Waals surface area contributed by atoms with Crippen molar-refractivity contribution in [3.8, 4) is 11.4 Å². The molecule has 2 atom stereocenters. The second-order valence-electron chi connectivity index (χ2n) is 8.34. The van der Waals surface area contributed by atoms with Gasteiger partial charge >= 0.3 is 11.9 Å². The van der Waals surface area contributed by atoms with Crippen molar-refractivity contribution in [2.45, 2.75) is 45.2 Å². The average molecular weight is 435 g/mol. The molecule has 0 aliphatic carbocycles. The Kier molecular flexibility index (Phi) is 4.44. The highest BCUT2D eigenvalue weighted by atomic mass is 16.6. The number of carbonyl (C=O) groups excluding carboxylic acids is 2. The van der Waals surface area contributed by atoms with E-state index < -0.39 is 23.6 Å². The van der Waals surface area contributed by atoms with Crippen molar-refractivity contribution in [1.29, 1.82) is 0 Å². The number of nitrogens with two attached hydrogens (primary N) is 1. The number of rotatable bonds is 3. The van der Waals surface area contributed by atoms with Crippen LogP contribution in [0.25, 0.3) is 22.3 Å². The molecule has 0 saturated carbocycles. The summed E-state index contributed by atoms with van der Waals surface area (Å²) in [6.07, 6.45) is 0. The normalized spacial score (nSPS) is 19.7. The van der Waals surface area contributed by atoms with Crippen LogP contribution in [0.4, 0.5) is 0 Å². The summed E-state index contributed by atoms with van der Waals surface area (Å²) in [5.41, 5.74) is 7.10. The van der Waals surface area contributed by atoms with Gasteiger partial charge in [0.2, 0.25) is 0 Å². The number of cyclic esters (lactones) is 1. The monoisotopic (exact) mass is 435 g/mol. The number of para-hydroxylation sites is 1. The first-order chi connectivity index (χ1) is 15.2. The molecule has 5 rings (SSSR count). The Morgan fingerprint density at radius 2 is 2.16 bits per heavy atom. The number of pyridine rings is 2. The Labute approximate surface area is 182 Å². The second-order valence-corrected chi connectivity index (χ2v) is 8.34. The highest BCUT2D eigenvalue weighted by Crippen LogP contribution is 2.37. The molecule has 0 amide bonds. The van der Waals surface area contributed by atoms with E-state index in [1.165, 1.54) is 6.92 Å². The fraction of sp³-hybridized carbons (Fsp3) is 0.304. The van der Waals surface area contributed by atoms with Crippen molar-refractivity contribution in [3.63, 3.8) is 0 Å². The van der Waals surface area contributed by atoms with Gasteiger partial charge in [-0.1, -0.05) is 18.2 Å². The molecular weight excluding hydrogens is 414 g/mol. The minimum absolute atomic E-state index is 0.0149. The average Bonchev–Trinajstić information content (AvgIpc) is 3.11. The van der Waals surface area contributed by atoms with Gasteiger partial charge in [-0.05, 0) is 26.0 Å². The van der Waals surface area contributed by atoms with Crippen LogP contribution in [0.15, 0.2) is 35.1 Å². The number of hydrogen-bond acceptors (Lipinski definition) is 8. The van der Waals surface area contributed by atoms with Gasteiger partial charge in [-0.3, -0.25) is 9.59 Å². The number of nitrogens with zero attached hydrogens (tertiary/aromatic N) is 2. The van der Waals surface area contributed by atoms with Gasteiger partial charge in [0.15, 0.2) is 5.60 Å². The molecule has 2 aliphatic rings. The fourth-order valence-electron chi connectivity index (χ4n) is 4.22. The van der Waals surface area contributed by atoms with Crippen molar-refractivity contribution in [1.82, 2.24) is 9.55 Å². The summed E-state index contributed by atoms with van der Waals surface area (Å²) >= 11 is 0. The van der Waals surface area contributed by atoms with Gasteiger partial charge in [0.1, 0.15) is 19.3 Å². The molecule has 9 nitrogen and oxygen atoms in total. The van der Waals surface area contributed by atoms with Gasteiger partial charge < -0.3 is 24.9 Å². The zero-order chi connectivity index (χ0) is 22.8. The molecule has 0 saturated heterocycles. The first-order valence-electron chi connectivity index (χ1n) is 10.2.